The molecule has 1 aliphatic heterocycles. The number of halogens is 1. The van der Waals surface area contributed by atoms with Crippen molar-refractivity contribution < 1.29 is 4.79 Å². The normalized spacial score (nSPS) is 15.8. The van der Waals surface area contributed by atoms with E-state index >= 15 is 0 Å². The molecule has 0 spiro atoms. The fourth-order valence-electron chi connectivity index (χ4n) is 2.22. The van der Waals surface area contributed by atoms with Crippen molar-refractivity contribution in [2.75, 3.05) is 26.2 Å². The minimum atomic E-state index is -0.182. The zero-order valence-electron chi connectivity index (χ0n) is 10.6. The second-order valence-corrected chi connectivity index (χ2v) is 5.94. The maximum Gasteiger partial charge on any atom is 0.310 e. The van der Waals surface area contributed by atoms with Gasteiger partial charge in [0.2, 0.25) is 5.91 Å². The summed E-state index contributed by atoms with van der Waals surface area (Å²) in [5, 5.41) is 3.65. The third kappa shape index (κ3) is 2.56. The first-order valence-electron chi connectivity index (χ1n) is 6.28. The number of piperazine rings is 1. The fraction of sp³-hybridized carbons (Fsp3) is 0.417. The largest absolute Gasteiger partial charge is 0.339 e. The van der Waals surface area contributed by atoms with E-state index in [1.807, 2.05) is 0 Å². The molecular formula is C12H13ClN4O2S. The van der Waals surface area contributed by atoms with Gasteiger partial charge < -0.3 is 10.2 Å². The van der Waals surface area contributed by atoms with Gasteiger partial charge in [-0.25, -0.2) is 4.98 Å². The van der Waals surface area contributed by atoms with Gasteiger partial charge in [0, 0.05) is 32.4 Å². The number of carbonyl (C=O) groups is 1. The molecule has 2 aromatic heterocycles. The summed E-state index contributed by atoms with van der Waals surface area (Å²) in [5.41, 5.74) is 0.621. The molecule has 0 radical (unpaired) electrons. The Labute approximate surface area is 124 Å². The van der Waals surface area contributed by atoms with E-state index in [4.69, 9.17) is 11.6 Å². The van der Waals surface area contributed by atoms with Crippen LogP contribution in [0, 0.1) is 0 Å². The Morgan fingerprint density at radius 2 is 2.20 bits per heavy atom. The Kier molecular flexibility index (Phi) is 3.73. The van der Waals surface area contributed by atoms with Gasteiger partial charge in [0.25, 0.3) is 0 Å². The molecule has 20 heavy (non-hydrogen) atoms. The molecular weight excluding hydrogens is 300 g/mol. The number of hydrogen-bond donors (Lipinski definition) is 1. The topological polar surface area (TPSA) is 67.2 Å². The van der Waals surface area contributed by atoms with Crippen LogP contribution in [0.2, 0.25) is 5.02 Å². The molecule has 3 heterocycles. The molecule has 1 saturated heterocycles. The summed E-state index contributed by atoms with van der Waals surface area (Å²) >= 11 is 6.94. The number of pyridine rings is 1. The Hall–Kier alpha value is -1.44. The monoisotopic (exact) mass is 312 g/mol. The van der Waals surface area contributed by atoms with Crippen molar-refractivity contribution in [2.45, 2.75) is 6.54 Å². The number of amides is 1. The highest BCUT2D eigenvalue weighted by Crippen LogP contribution is 2.18. The molecule has 8 heteroatoms. The lowest BCUT2D eigenvalue weighted by Crippen LogP contribution is -2.47. The first-order chi connectivity index (χ1) is 9.65. The second-order valence-electron chi connectivity index (χ2n) is 4.56. The smallest absolute Gasteiger partial charge is 0.310 e. The van der Waals surface area contributed by atoms with E-state index < -0.39 is 0 Å². The maximum atomic E-state index is 12.2. The van der Waals surface area contributed by atoms with Crippen LogP contribution in [0.3, 0.4) is 0 Å². The first kappa shape index (κ1) is 13.5. The van der Waals surface area contributed by atoms with Crippen LogP contribution < -0.4 is 10.2 Å². The van der Waals surface area contributed by atoms with Crippen molar-refractivity contribution in [3.8, 4) is 0 Å². The van der Waals surface area contributed by atoms with E-state index in [9.17, 15) is 9.59 Å². The third-order valence-electron chi connectivity index (χ3n) is 3.26. The quantitative estimate of drug-likeness (QED) is 0.879. The van der Waals surface area contributed by atoms with E-state index in [2.05, 4.69) is 10.3 Å². The maximum absolute atomic E-state index is 12.2. The molecule has 3 rings (SSSR count). The Morgan fingerprint density at radius 3 is 2.95 bits per heavy atom. The van der Waals surface area contributed by atoms with Crippen LogP contribution in [0.15, 0.2) is 17.1 Å². The number of rotatable bonds is 2. The molecule has 6 nitrogen and oxygen atoms in total. The van der Waals surface area contributed by atoms with Crippen molar-refractivity contribution in [1.82, 2.24) is 19.8 Å². The minimum absolute atomic E-state index is 0.0425. The summed E-state index contributed by atoms with van der Waals surface area (Å²) in [7, 11) is 0. The van der Waals surface area contributed by atoms with Gasteiger partial charge in [-0.2, -0.15) is 0 Å². The molecule has 1 aliphatic rings. The minimum Gasteiger partial charge on any atom is -0.339 e. The predicted molar refractivity (Wildman–Crippen MR) is 78.3 cm³/mol. The average molecular weight is 313 g/mol. The second kappa shape index (κ2) is 5.51. The van der Waals surface area contributed by atoms with Crippen LogP contribution in [0.4, 0.5) is 0 Å². The van der Waals surface area contributed by atoms with Crippen molar-refractivity contribution in [2.24, 2.45) is 0 Å². The number of hydrogen-bond acceptors (Lipinski definition) is 5. The SMILES string of the molecule is O=C(Cn1c(=O)sc2ncc(Cl)cc21)N1CCNCC1. The number of nitrogens with one attached hydrogen (secondary N) is 1. The van der Waals surface area contributed by atoms with E-state index in [0.29, 0.717) is 28.5 Å². The van der Waals surface area contributed by atoms with E-state index in [-0.39, 0.29) is 17.3 Å². The lowest BCUT2D eigenvalue weighted by molar-refractivity contribution is -0.132. The predicted octanol–water partition coefficient (Wildman–Crippen LogP) is 0.543. The van der Waals surface area contributed by atoms with Gasteiger partial charge in [-0.05, 0) is 6.07 Å². The number of carbonyl (C=O) groups excluding carboxylic acids is 1. The van der Waals surface area contributed by atoms with Crippen LogP contribution in [0.25, 0.3) is 10.3 Å². The van der Waals surface area contributed by atoms with E-state index in [0.717, 1.165) is 24.4 Å². The van der Waals surface area contributed by atoms with Crippen molar-refractivity contribution >= 4 is 39.2 Å². The molecule has 106 valence electrons. The number of thiazole rings is 1. The standard InChI is InChI=1S/C12H13ClN4O2S/c13-8-5-9-11(15-6-8)20-12(19)17(9)7-10(18)16-3-1-14-2-4-16/h5-6,14H,1-4,7H2. The summed E-state index contributed by atoms with van der Waals surface area (Å²) in [4.78, 5) is 30.5. The van der Waals surface area contributed by atoms with Gasteiger partial charge in [0.1, 0.15) is 11.4 Å². The Morgan fingerprint density at radius 1 is 1.45 bits per heavy atom. The van der Waals surface area contributed by atoms with E-state index in [1.165, 1.54) is 10.8 Å². The average Bonchev–Trinajstić information content (AvgIpc) is 2.76. The lowest BCUT2D eigenvalue weighted by atomic mass is 10.3. The molecule has 0 unspecified atom stereocenters. The molecule has 0 aliphatic carbocycles. The zero-order valence-corrected chi connectivity index (χ0v) is 12.2. The van der Waals surface area contributed by atoms with Crippen LogP contribution >= 0.6 is 22.9 Å². The van der Waals surface area contributed by atoms with Crippen molar-refractivity contribution in [1.29, 1.82) is 0 Å². The molecule has 0 aromatic carbocycles. The highest BCUT2D eigenvalue weighted by molar-refractivity contribution is 7.16. The van der Waals surface area contributed by atoms with Gasteiger partial charge in [-0.1, -0.05) is 22.9 Å². The number of aromatic nitrogens is 2. The summed E-state index contributed by atoms with van der Waals surface area (Å²) < 4.78 is 1.45. The van der Waals surface area contributed by atoms with Gasteiger partial charge in [0.15, 0.2) is 0 Å². The highest BCUT2D eigenvalue weighted by atomic mass is 35.5. The lowest BCUT2D eigenvalue weighted by Gasteiger charge is -2.27. The van der Waals surface area contributed by atoms with Gasteiger partial charge in [-0.3, -0.25) is 14.2 Å². The molecule has 1 fully saturated rings. The third-order valence-corrected chi connectivity index (χ3v) is 4.37. The van der Waals surface area contributed by atoms with Gasteiger partial charge >= 0.3 is 4.87 Å². The number of nitrogens with zero attached hydrogens (tertiary/aromatic N) is 3. The molecule has 1 N–H and O–H groups in total. The number of fused-ring (bicyclic) bond motifs is 1. The molecule has 2 aromatic rings. The van der Waals surface area contributed by atoms with E-state index in [1.54, 1.807) is 11.0 Å². The summed E-state index contributed by atoms with van der Waals surface area (Å²) in [6.45, 7) is 2.97. The molecule has 1 amide bonds. The van der Waals surface area contributed by atoms with Crippen LogP contribution in [0.5, 0.6) is 0 Å². The van der Waals surface area contributed by atoms with Crippen LogP contribution in [-0.4, -0.2) is 46.5 Å². The van der Waals surface area contributed by atoms with Gasteiger partial charge in [0.05, 0.1) is 10.5 Å². The van der Waals surface area contributed by atoms with Crippen molar-refractivity contribution in [3.05, 3.63) is 27.0 Å². The highest BCUT2D eigenvalue weighted by Gasteiger charge is 2.19. The summed E-state index contributed by atoms with van der Waals surface area (Å²) in [5.74, 6) is -0.0479. The Bertz CT molecular complexity index is 705. The van der Waals surface area contributed by atoms with Gasteiger partial charge in [-0.15, -0.1) is 0 Å². The Balaban J connectivity index is 1.90. The molecule has 0 saturated carbocycles. The fourth-order valence-corrected chi connectivity index (χ4v) is 3.19. The zero-order chi connectivity index (χ0) is 14.1. The van der Waals surface area contributed by atoms with Crippen molar-refractivity contribution in [3.63, 3.8) is 0 Å². The van der Waals surface area contributed by atoms with Crippen LogP contribution in [0.1, 0.15) is 0 Å². The summed E-state index contributed by atoms with van der Waals surface area (Å²) in [6.07, 6.45) is 1.50. The molecule has 0 bridgehead atoms. The van der Waals surface area contributed by atoms with Crippen LogP contribution in [-0.2, 0) is 11.3 Å². The first-order valence-corrected chi connectivity index (χ1v) is 7.48. The molecule has 0 atom stereocenters. The summed E-state index contributed by atoms with van der Waals surface area (Å²) in [6, 6.07) is 1.67.